The second kappa shape index (κ2) is 5.55. The SMILES string of the molecule is C=Cc1cccc(Oc2ccc(CCl)cc2)c1. The van der Waals surface area contributed by atoms with Gasteiger partial charge in [-0.15, -0.1) is 11.6 Å². The Morgan fingerprint density at radius 1 is 1.06 bits per heavy atom. The van der Waals surface area contributed by atoms with Crippen LogP contribution in [0.25, 0.3) is 6.08 Å². The van der Waals surface area contributed by atoms with Crippen LogP contribution in [0.5, 0.6) is 11.5 Å². The lowest BCUT2D eigenvalue weighted by molar-refractivity contribution is 0.482. The van der Waals surface area contributed by atoms with E-state index in [0.717, 1.165) is 22.6 Å². The fourth-order valence-electron chi connectivity index (χ4n) is 1.49. The van der Waals surface area contributed by atoms with Gasteiger partial charge in [-0.3, -0.25) is 0 Å². The predicted molar refractivity (Wildman–Crippen MR) is 72.6 cm³/mol. The zero-order valence-corrected chi connectivity index (χ0v) is 10.2. The molecule has 0 heterocycles. The average molecular weight is 245 g/mol. The monoisotopic (exact) mass is 244 g/mol. The van der Waals surface area contributed by atoms with E-state index in [-0.39, 0.29) is 0 Å². The molecule has 0 radical (unpaired) electrons. The van der Waals surface area contributed by atoms with Crippen LogP contribution in [0, 0.1) is 0 Å². The Hall–Kier alpha value is -1.73. The molecule has 0 aliphatic carbocycles. The number of hydrogen-bond donors (Lipinski definition) is 0. The van der Waals surface area contributed by atoms with Gasteiger partial charge in [0.2, 0.25) is 0 Å². The van der Waals surface area contributed by atoms with E-state index < -0.39 is 0 Å². The standard InChI is InChI=1S/C15H13ClO/c1-2-12-4-3-5-15(10-12)17-14-8-6-13(11-16)7-9-14/h2-10H,1,11H2. The number of ether oxygens (including phenoxy) is 1. The third kappa shape index (κ3) is 3.11. The van der Waals surface area contributed by atoms with Crippen molar-refractivity contribution in [3.05, 3.63) is 66.2 Å². The van der Waals surface area contributed by atoms with Gasteiger partial charge in [-0.05, 0) is 35.4 Å². The van der Waals surface area contributed by atoms with Gasteiger partial charge in [-0.2, -0.15) is 0 Å². The first kappa shape index (κ1) is 11.7. The van der Waals surface area contributed by atoms with E-state index in [9.17, 15) is 0 Å². The molecule has 0 N–H and O–H groups in total. The molecule has 0 aliphatic rings. The van der Waals surface area contributed by atoms with Gasteiger partial charge in [0.1, 0.15) is 11.5 Å². The number of benzene rings is 2. The molecule has 86 valence electrons. The minimum absolute atomic E-state index is 0.520. The molecule has 0 unspecified atom stereocenters. The minimum atomic E-state index is 0.520. The van der Waals surface area contributed by atoms with Crippen molar-refractivity contribution < 1.29 is 4.74 Å². The molecule has 1 nitrogen and oxygen atoms in total. The number of alkyl halides is 1. The number of halogens is 1. The molecule has 2 heteroatoms. The van der Waals surface area contributed by atoms with Crippen LogP contribution in [0.3, 0.4) is 0 Å². The highest BCUT2D eigenvalue weighted by atomic mass is 35.5. The molecule has 0 spiro atoms. The molecule has 0 atom stereocenters. The van der Waals surface area contributed by atoms with Crippen molar-refractivity contribution in [3.8, 4) is 11.5 Å². The first-order valence-corrected chi connectivity index (χ1v) is 5.90. The maximum absolute atomic E-state index is 5.73. The first-order chi connectivity index (χ1) is 8.31. The molecule has 0 amide bonds. The molecule has 0 bridgehead atoms. The Balaban J connectivity index is 2.16. The van der Waals surface area contributed by atoms with Gasteiger partial charge in [-0.25, -0.2) is 0 Å². The predicted octanol–water partition coefficient (Wildman–Crippen LogP) is 4.86. The highest BCUT2D eigenvalue weighted by Gasteiger charge is 1.98. The third-order valence-electron chi connectivity index (χ3n) is 2.41. The van der Waals surface area contributed by atoms with Crippen LogP contribution in [0.15, 0.2) is 55.1 Å². The Kier molecular flexibility index (Phi) is 3.84. The van der Waals surface area contributed by atoms with E-state index in [1.807, 2.05) is 48.5 Å². The molecule has 2 aromatic carbocycles. The number of rotatable bonds is 4. The lowest BCUT2D eigenvalue weighted by Crippen LogP contribution is -1.85. The molecule has 17 heavy (non-hydrogen) atoms. The van der Waals surface area contributed by atoms with Crippen LogP contribution in [0.2, 0.25) is 0 Å². The molecule has 2 aromatic rings. The van der Waals surface area contributed by atoms with Crippen molar-refractivity contribution in [1.82, 2.24) is 0 Å². The largest absolute Gasteiger partial charge is 0.457 e. The normalized spacial score (nSPS) is 9.94. The second-order valence-electron chi connectivity index (χ2n) is 3.66. The fraction of sp³-hybridized carbons (Fsp3) is 0.0667. The Labute approximate surface area is 106 Å². The summed E-state index contributed by atoms with van der Waals surface area (Å²) in [6, 6.07) is 15.5. The van der Waals surface area contributed by atoms with Crippen LogP contribution < -0.4 is 4.74 Å². The maximum Gasteiger partial charge on any atom is 0.128 e. The molecular weight excluding hydrogens is 232 g/mol. The van der Waals surface area contributed by atoms with Crippen molar-refractivity contribution in [2.24, 2.45) is 0 Å². The quantitative estimate of drug-likeness (QED) is 0.698. The van der Waals surface area contributed by atoms with E-state index in [0.29, 0.717) is 5.88 Å². The summed E-state index contributed by atoms with van der Waals surface area (Å²) in [5.74, 6) is 2.13. The highest BCUT2D eigenvalue weighted by molar-refractivity contribution is 6.17. The van der Waals surface area contributed by atoms with Crippen LogP contribution in [0.1, 0.15) is 11.1 Å². The topological polar surface area (TPSA) is 9.23 Å². The summed E-state index contributed by atoms with van der Waals surface area (Å²) in [5.41, 5.74) is 2.12. The molecule has 0 aliphatic heterocycles. The van der Waals surface area contributed by atoms with Crippen molar-refractivity contribution >= 4 is 17.7 Å². The van der Waals surface area contributed by atoms with Crippen LogP contribution >= 0.6 is 11.6 Å². The van der Waals surface area contributed by atoms with Crippen molar-refractivity contribution in [3.63, 3.8) is 0 Å². The van der Waals surface area contributed by atoms with Crippen LogP contribution in [0.4, 0.5) is 0 Å². The van der Waals surface area contributed by atoms with E-state index in [1.54, 1.807) is 6.08 Å². The molecule has 0 saturated heterocycles. The first-order valence-electron chi connectivity index (χ1n) is 5.37. The van der Waals surface area contributed by atoms with Gasteiger partial charge in [0.15, 0.2) is 0 Å². The van der Waals surface area contributed by atoms with Gasteiger partial charge in [0.05, 0.1) is 0 Å². The third-order valence-corrected chi connectivity index (χ3v) is 2.72. The maximum atomic E-state index is 5.73. The smallest absolute Gasteiger partial charge is 0.128 e. The zero-order chi connectivity index (χ0) is 12.1. The second-order valence-corrected chi connectivity index (χ2v) is 3.92. The van der Waals surface area contributed by atoms with Crippen molar-refractivity contribution in [1.29, 1.82) is 0 Å². The molecule has 2 rings (SSSR count). The summed E-state index contributed by atoms with van der Waals surface area (Å²) < 4.78 is 5.73. The van der Waals surface area contributed by atoms with E-state index >= 15 is 0 Å². The Bertz CT molecular complexity index is 503. The Morgan fingerprint density at radius 2 is 1.82 bits per heavy atom. The van der Waals surface area contributed by atoms with Crippen LogP contribution in [-0.2, 0) is 5.88 Å². The van der Waals surface area contributed by atoms with E-state index in [1.165, 1.54) is 0 Å². The summed E-state index contributed by atoms with van der Waals surface area (Å²) in [6.45, 7) is 3.73. The molecule has 0 aromatic heterocycles. The summed E-state index contributed by atoms with van der Waals surface area (Å²) in [5, 5.41) is 0. The zero-order valence-electron chi connectivity index (χ0n) is 9.40. The molecule has 0 saturated carbocycles. The summed E-state index contributed by atoms with van der Waals surface area (Å²) in [4.78, 5) is 0. The van der Waals surface area contributed by atoms with Gasteiger partial charge in [-0.1, -0.05) is 36.9 Å². The minimum Gasteiger partial charge on any atom is -0.457 e. The summed E-state index contributed by atoms with van der Waals surface area (Å²) in [7, 11) is 0. The lowest BCUT2D eigenvalue weighted by Gasteiger charge is -2.06. The van der Waals surface area contributed by atoms with Crippen molar-refractivity contribution in [2.75, 3.05) is 0 Å². The van der Waals surface area contributed by atoms with Crippen molar-refractivity contribution in [2.45, 2.75) is 5.88 Å². The van der Waals surface area contributed by atoms with Gasteiger partial charge in [0, 0.05) is 5.88 Å². The Morgan fingerprint density at radius 3 is 2.47 bits per heavy atom. The van der Waals surface area contributed by atoms with Gasteiger partial charge in [0.25, 0.3) is 0 Å². The van der Waals surface area contributed by atoms with E-state index in [4.69, 9.17) is 16.3 Å². The average Bonchev–Trinajstić information content (AvgIpc) is 2.40. The highest BCUT2D eigenvalue weighted by Crippen LogP contribution is 2.23. The molecular formula is C15H13ClO. The summed E-state index contributed by atoms with van der Waals surface area (Å²) in [6.07, 6.45) is 1.80. The van der Waals surface area contributed by atoms with E-state index in [2.05, 4.69) is 6.58 Å². The molecule has 0 fully saturated rings. The van der Waals surface area contributed by atoms with Gasteiger partial charge < -0.3 is 4.74 Å². The number of hydrogen-bond acceptors (Lipinski definition) is 1. The summed E-state index contributed by atoms with van der Waals surface area (Å²) >= 11 is 5.73. The lowest BCUT2D eigenvalue weighted by atomic mass is 10.2. The fourth-order valence-corrected chi connectivity index (χ4v) is 1.67. The van der Waals surface area contributed by atoms with Crippen LogP contribution in [-0.4, -0.2) is 0 Å². The van der Waals surface area contributed by atoms with Gasteiger partial charge >= 0.3 is 0 Å².